The van der Waals surface area contributed by atoms with E-state index in [4.69, 9.17) is 4.74 Å². The number of benzene rings is 3. The van der Waals surface area contributed by atoms with E-state index in [1.165, 1.54) is 16.7 Å². The second-order valence-corrected chi connectivity index (χ2v) is 6.93. The molecule has 3 aromatic carbocycles. The van der Waals surface area contributed by atoms with E-state index in [1.54, 1.807) is 7.11 Å². The van der Waals surface area contributed by atoms with E-state index in [9.17, 15) is 5.11 Å². The number of ether oxygens (including phenoxy) is 1. The summed E-state index contributed by atoms with van der Waals surface area (Å²) in [5.74, 6) is 0.855. The third kappa shape index (κ3) is 5.68. The van der Waals surface area contributed by atoms with Crippen molar-refractivity contribution in [2.24, 2.45) is 0 Å². The third-order valence-electron chi connectivity index (χ3n) is 4.67. The van der Waals surface area contributed by atoms with Crippen LogP contribution in [0.4, 0.5) is 0 Å². The number of aliphatic hydroxyl groups excluding tert-OH is 1. The Morgan fingerprint density at radius 3 is 2.22 bits per heavy atom. The summed E-state index contributed by atoms with van der Waals surface area (Å²) in [6, 6.07) is 26.5. The van der Waals surface area contributed by atoms with E-state index in [2.05, 4.69) is 48.2 Å². The van der Waals surface area contributed by atoms with Crippen LogP contribution in [0.1, 0.15) is 28.4 Å². The molecule has 3 nitrogen and oxygen atoms in total. The zero-order valence-electron chi connectivity index (χ0n) is 16.0. The number of aryl methyl sites for hydroxylation is 1. The number of hydrogen-bond donors (Lipinski definition) is 1. The molecule has 0 fully saturated rings. The molecule has 1 unspecified atom stereocenters. The molecule has 140 valence electrons. The average molecular weight is 361 g/mol. The summed E-state index contributed by atoms with van der Waals surface area (Å²) in [7, 11) is 1.68. The van der Waals surface area contributed by atoms with Crippen molar-refractivity contribution in [2.75, 3.05) is 13.7 Å². The number of nitrogens with zero attached hydrogens (tertiary/aromatic N) is 1. The van der Waals surface area contributed by atoms with Crippen LogP contribution in [0.3, 0.4) is 0 Å². The quantitative estimate of drug-likeness (QED) is 0.629. The van der Waals surface area contributed by atoms with Gasteiger partial charge >= 0.3 is 0 Å². The first-order valence-corrected chi connectivity index (χ1v) is 9.28. The van der Waals surface area contributed by atoms with Crippen LogP contribution in [0, 0.1) is 6.92 Å². The van der Waals surface area contributed by atoms with Crippen molar-refractivity contribution < 1.29 is 9.84 Å². The lowest BCUT2D eigenvalue weighted by molar-refractivity contribution is 0.105. The Balaban J connectivity index is 1.76. The van der Waals surface area contributed by atoms with Gasteiger partial charge in [0.05, 0.1) is 13.2 Å². The van der Waals surface area contributed by atoms with Gasteiger partial charge in [-0.25, -0.2) is 0 Å². The Kier molecular flexibility index (Phi) is 6.64. The molecule has 3 heteroatoms. The number of hydrogen-bond acceptors (Lipinski definition) is 3. The lowest BCUT2D eigenvalue weighted by Crippen LogP contribution is -2.28. The van der Waals surface area contributed by atoms with Crippen LogP contribution in [0.25, 0.3) is 0 Å². The van der Waals surface area contributed by atoms with Gasteiger partial charge in [-0.1, -0.05) is 72.3 Å². The van der Waals surface area contributed by atoms with Crippen molar-refractivity contribution in [2.45, 2.75) is 26.1 Å². The Morgan fingerprint density at radius 2 is 1.56 bits per heavy atom. The molecule has 0 spiro atoms. The van der Waals surface area contributed by atoms with Crippen molar-refractivity contribution in [3.8, 4) is 5.75 Å². The lowest BCUT2D eigenvalue weighted by Gasteiger charge is -2.26. The van der Waals surface area contributed by atoms with Crippen molar-refractivity contribution in [1.82, 2.24) is 4.90 Å². The average Bonchev–Trinajstić information content (AvgIpc) is 2.69. The first-order chi connectivity index (χ1) is 13.1. The van der Waals surface area contributed by atoms with Gasteiger partial charge in [0, 0.05) is 19.6 Å². The van der Waals surface area contributed by atoms with Gasteiger partial charge in [0.15, 0.2) is 0 Å². The van der Waals surface area contributed by atoms with Gasteiger partial charge in [-0.2, -0.15) is 0 Å². The zero-order chi connectivity index (χ0) is 19.1. The van der Waals surface area contributed by atoms with Gasteiger partial charge < -0.3 is 9.84 Å². The topological polar surface area (TPSA) is 32.7 Å². The van der Waals surface area contributed by atoms with Crippen LogP contribution in [0.2, 0.25) is 0 Å². The summed E-state index contributed by atoms with van der Waals surface area (Å²) >= 11 is 0. The van der Waals surface area contributed by atoms with Gasteiger partial charge in [-0.3, -0.25) is 4.90 Å². The highest BCUT2D eigenvalue weighted by molar-refractivity contribution is 5.28. The molecule has 3 rings (SSSR count). The molecule has 0 aromatic heterocycles. The monoisotopic (exact) mass is 361 g/mol. The maximum atomic E-state index is 10.7. The minimum Gasteiger partial charge on any atom is -0.497 e. The Bertz CT molecular complexity index is 831. The second kappa shape index (κ2) is 9.36. The van der Waals surface area contributed by atoms with Crippen LogP contribution in [0.15, 0.2) is 78.9 Å². The predicted molar refractivity (Wildman–Crippen MR) is 110 cm³/mol. The van der Waals surface area contributed by atoms with Crippen molar-refractivity contribution in [3.63, 3.8) is 0 Å². The van der Waals surface area contributed by atoms with Gasteiger partial charge in [-0.15, -0.1) is 0 Å². The van der Waals surface area contributed by atoms with Crippen LogP contribution in [-0.2, 0) is 13.1 Å². The van der Waals surface area contributed by atoms with Crippen LogP contribution in [0.5, 0.6) is 5.75 Å². The van der Waals surface area contributed by atoms with E-state index < -0.39 is 6.10 Å². The van der Waals surface area contributed by atoms with Gasteiger partial charge in [-0.05, 0) is 35.7 Å². The highest BCUT2D eigenvalue weighted by Gasteiger charge is 2.15. The largest absolute Gasteiger partial charge is 0.497 e. The molecule has 1 N–H and O–H groups in total. The van der Waals surface area contributed by atoms with Gasteiger partial charge in [0.1, 0.15) is 5.75 Å². The van der Waals surface area contributed by atoms with Crippen LogP contribution in [-0.4, -0.2) is 23.7 Å². The fourth-order valence-corrected chi connectivity index (χ4v) is 3.27. The Hall–Kier alpha value is -2.62. The maximum absolute atomic E-state index is 10.7. The van der Waals surface area contributed by atoms with Gasteiger partial charge in [0.2, 0.25) is 0 Å². The Labute approximate surface area is 161 Å². The molecule has 27 heavy (non-hydrogen) atoms. The molecule has 0 amide bonds. The maximum Gasteiger partial charge on any atom is 0.118 e. The highest BCUT2D eigenvalue weighted by Crippen LogP contribution is 2.19. The Morgan fingerprint density at radius 1 is 0.852 bits per heavy atom. The van der Waals surface area contributed by atoms with Crippen LogP contribution < -0.4 is 4.74 Å². The molecule has 0 aliphatic carbocycles. The molecular weight excluding hydrogens is 334 g/mol. The standard InChI is InChI=1S/C24H27NO2/c1-19-7-6-8-21(15-19)17-25(16-20-11-13-23(27-2)14-12-20)18-24(26)22-9-4-3-5-10-22/h3-15,24,26H,16-18H2,1-2H3. The summed E-state index contributed by atoms with van der Waals surface area (Å²) in [5, 5.41) is 10.7. The second-order valence-electron chi connectivity index (χ2n) is 6.93. The molecule has 0 aliphatic rings. The fourth-order valence-electron chi connectivity index (χ4n) is 3.27. The molecule has 0 heterocycles. The van der Waals surface area contributed by atoms with Crippen molar-refractivity contribution in [1.29, 1.82) is 0 Å². The van der Waals surface area contributed by atoms with E-state index in [1.807, 2.05) is 42.5 Å². The molecule has 0 saturated carbocycles. The first-order valence-electron chi connectivity index (χ1n) is 9.28. The number of aliphatic hydroxyl groups is 1. The molecule has 0 radical (unpaired) electrons. The van der Waals surface area contributed by atoms with Crippen molar-refractivity contribution >= 4 is 0 Å². The van der Waals surface area contributed by atoms with Gasteiger partial charge in [0.25, 0.3) is 0 Å². The summed E-state index contributed by atoms with van der Waals surface area (Å²) in [6.45, 7) is 4.24. The summed E-state index contributed by atoms with van der Waals surface area (Å²) < 4.78 is 5.25. The van der Waals surface area contributed by atoms with E-state index >= 15 is 0 Å². The van der Waals surface area contributed by atoms with Crippen molar-refractivity contribution in [3.05, 3.63) is 101 Å². The van der Waals surface area contributed by atoms with E-state index in [0.717, 1.165) is 24.4 Å². The first kappa shape index (κ1) is 19.2. The predicted octanol–water partition coefficient (Wildman–Crippen LogP) is 4.74. The lowest BCUT2D eigenvalue weighted by atomic mass is 10.1. The summed E-state index contributed by atoms with van der Waals surface area (Å²) in [6.07, 6.45) is -0.519. The third-order valence-corrected chi connectivity index (χ3v) is 4.67. The van der Waals surface area contributed by atoms with E-state index in [-0.39, 0.29) is 0 Å². The van der Waals surface area contributed by atoms with E-state index in [0.29, 0.717) is 6.54 Å². The minimum absolute atomic E-state index is 0.519. The molecule has 0 saturated heterocycles. The smallest absolute Gasteiger partial charge is 0.118 e. The molecular formula is C24H27NO2. The minimum atomic E-state index is -0.519. The SMILES string of the molecule is COc1ccc(CN(Cc2cccc(C)c2)CC(O)c2ccccc2)cc1. The number of methoxy groups -OCH3 is 1. The molecule has 3 aromatic rings. The highest BCUT2D eigenvalue weighted by atomic mass is 16.5. The molecule has 1 atom stereocenters. The fraction of sp³-hybridized carbons (Fsp3) is 0.250. The molecule has 0 bridgehead atoms. The number of rotatable bonds is 8. The zero-order valence-corrected chi connectivity index (χ0v) is 16.0. The molecule has 0 aliphatic heterocycles. The van der Waals surface area contributed by atoms with Crippen LogP contribution >= 0.6 is 0 Å². The summed E-state index contributed by atoms with van der Waals surface area (Å²) in [4.78, 5) is 2.29. The normalized spacial score (nSPS) is 12.1. The summed E-state index contributed by atoms with van der Waals surface area (Å²) in [5.41, 5.74) is 4.65.